The molecular formula is C30H21N3. The lowest BCUT2D eigenvalue weighted by molar-refractivity contribution is 1.24. The Morgan fingerprint density at radius 1 is 0.758 bits per heavy atom. The minimum absolute atomic E-state index is 0.430. The first-order valence-electron chi connectivity index (χ1n) is 11.1. The summed E-state index contributed by atoms with van der Waals surface area (Å²) < 4.78 is 2.08. The Hall–Kier alpha value is -4.42. The van der Waals surface area contributed by atoms with E-state index in [1.54, 1.807) is 0 Å². The largest absolute Gasteiger partial charge is 0.297 e. The molecule has 0 aliphatic carbocycles. The molecule has 6 aromatic rings. The van der Waals surface area contributed by atoms with E-state index < -0.39 is 0 Å². The second kappa shape index (κ2) is 7.32. The molecule has 156 valence electrons. The van der Waals surface area contributed by atoms with Gasteiger partial charge < -0.3 is 0 Å². The Labute approximate surface area is 192 Å². The van der Waals surface area contributed by atoms with Crippen LogP contribution in [-0.2, 0) is 0 Å². The average molecular weight is 424 g/mol. The average Bonchev–Trinajstić information content (AvgIpc) is 3.28. The van der Waals surface area contributed by atoms with Crippen molar-refractivity contribution >= 4 is 27.3 Å². The quantitative estimate of drug-likeness (QED) is 0.271. The number of aryl methyl sites for hydroxylation is 2. The summed E-state index contributed by atoms with van der Waals surface area (Å²) in [6.07, 6.45) is 1.85. The van der Waals surface area contributed by atoms with E-state index in [-0.39, 0.29) is 0 Å². The molecular weight excluding hydrogens is 402 g/mol. The number of fused-ring (bicyclic) bond motifs is 6. The van der Waals surface area contributed by atoms with Crippen molar-refractivity contribution in [3.05, 3.63) is 108 Å². The number of hydrogen-bond acceptors (Lipinski definition) is 2. The standard InChI is InChI=1S/C30H21N3/c1-19-15-20(2)29-27(16-19)28-25(13-8-14-26(28)30-32-22(17-31)18-33(29)30)24-12-7-6-11-23(24)21-9-4-3-5-10-21/h3-16,18H,1-2H3. The van der Waals surface area contributed by atoms with Crippen molar-refractivity contribution in [2.24, 2.45) is 0 Å². The van der Waals surface area contributed by atoms with Gasteiger partial charge in [0.2, 0.25) is 0 Å². The van der Waals surface area contributed by atoms with Gasteiger partial charge in [-0.25, -0.2) is 4.98 Å². The van der Waals surface area contributed by atoms with E-state index in [1.165, 1.54) is 44.2 Å². The van der Waals surface area contributed by atoms with Gasteiger partial charge >= 0.3 is 0 Å². The van der Waals surface area contributed by atoms with Crippen LogP contribution in [0.1, 0.15) is 16.8 Å². The van der Waals surface area contributed by atoms with Crippen molar-refractivity contribution in [3.8, 4) is 28.3 Å². The predicted molar refractivity (Wildman–Crippen MR) is 135 cm³/mol. The summed E-state index contributed by atoms with van der Waals surface area (Å²) in [6.45, 7) is 4.27. The monoisotopic (exact) mass is 423 g/mol. The molecule has 4 aromatic carbocycles. The maximum Gasteiger partial charge on any atom is 0.159 e. The van der Waals surface area contributed by atoms with Crippen LogP contribution in [-0.4, -0.2) is 9.38 Å². The Balaban J connectivity index is 1.83. The van der Waals surface area contributed by atoms with Crippen LogP contribution in [0.4, 0.5) is 0 Å². The number of nitriles is 1. The molecule has 0 saturated carbocycles. The van der Waals surface area contributed by atoms with Gasteiger partial charge in [-0.2, -0.15) is 5.26 Å². The molecule has 2 heterocycles. The first kappa shape index (κ1) is 19.3. The maximum atomic E-state index is 9.57. The zero-order chi connectivity index (χ0) is 22.5. The molecule has 6 rings (SSSR count). The van der Waals surface area contributed by atoms with Crippen molar-refractivity contribution < 1.29 is 0 Å². The van der Waals surface area contributed by atoms with Gasteiger partial charge in [-0.1, -0.05) is 84.4 Å². The van der Waals surface area contributed by atoms with Crippen LogP contribution in [0.2, 0.25) is 0 Å². The van der Waals surface area contributed by atoms with Gasteiger partial charge in [-0.05, 0) is 47.7 Å². The van der Waals surface area contributed by atoms with Gasteiger partial charge in [0.05, 0.1) is 5.52 Å². The second-order valence-corrected chi connectivity index (χ2v) is 8.55. The molecule has 3 heteroatoms. The van der Waals surface area contributed by atoms with Crippen molar-refractivity contribution in [3.63, 3.8) is 0 Å². The third kappa shape index (κ3) is 2.92. The second-order valence-electron chi connectivity index (χ2n) is 8.55. The van der Waals surface area contributed by atoms with Gasteiger partial charge in [0, 0.05) is 22.4 Å². The summed E-state index contributed by atoms with van der Waals surface area (Å²) in [5, 5.41) is 13.0. The molecule has 33 heavy (non-hydrogen) atoms. The molecule has 0 atom stereocenters. The molecule has 0 N–H and O–H groups in total. The number of hydrogen-bond donors (Lipinski definition) is 0. The molecule has 0 spiro atoms. The molecule has 3 nitrogen and oxygen atoms in total. The summed E-state index contributed by atoms with van der Waals surface area (Å²) >= 11 is 0. The summed E-state index contributed by atoms with van der Waals surface area (Å²) in [5.74, 6) is 0. The van der Waals surface area contributed by atoms with E-state index in [1.807, 2.05) is 12.3 Å². The zero-order valence-corrected chi connectivity index (χ0v) is 18.5. The van der Waals surface area contributed by atoms with Crippen LogP contribution >= 0.6 is 0 Å². The van der Waals surface area contributed by atoms with E-state index in [0.29, 0.717) is 5.69 Å². The van der Waals surface area contributed by atoms with E-state index >= 15 is 0 Å². The molecule has 0 amide bonds. The van der Waals surface area contributed by atoms with Gasteiger partial charge in [0.1, 0.15) is 11.7 Å². The fraction of sp³-hybridized carbons (Fsp3) is 0.0667. The minimum Gasteiger partial charge on any atom is -0.297 e. The van der Waals surface area contributed by atoms with E-state index in [0.717, 1.165) is 16.6 Å². The Kier molecular flexibility index (Phi) is 4.28. The minimum atomic E-state index is 0.430. The van der Waals surface area contributed by atoms with Crippen LogP contribution in [0.25, 0.3) is 49.6 Å². The van der Waals surface area contributed by atoms with Crippen LogP contribution < -0.4 is 0 Å². The van der Waals surface area contributed by atoms with Crippen molar-refractivity contribution in [1.29, 1.82) is 5.26 Å². The highest BCUT2D eigenvalue weighted by atomic mass is 15.0. The van der Waals surface area contributed by atoms with Gasteiger partial charge in [0.15, 0.2) is 5.69 Å². The molecule has 0 unspecified atom stereocenters. The SMILES string of the molecule is Cc1cc(C)c2c(c1)c1c(-c3ccccc3-c3ccccc3)cccc1c1nc(C#N)cn12. The Bertz CT molecular complexity index is 1730. The molecule has 0 bridgehead atoms. The number of pyridine rings is 1. The highest BCUT2D eigenvalue weighted by molar-refractivity contribution is 6.19. The molecule has 0 fully saturated rings. The first-order chi connectivity index (χ1) is 16.2. The number of aromatic nitrogens is 2. The summed E-state index contributed by atoms with van der Waals surface area (Å²) in [4.78, 5) is 4.69. The lowest BCUT2D eigenvalue weighted by Gasteiger charge is -2.17. The summed E-state index contributed by atoms with van der Waals surface area (Å²) in [6, 6.07) is 32.2. The van der Waals surface area contributed by atoms with E-state index in [4.69, 9.17) is 4.98 Å². The lowest BCUT2D eigenvalue weighted by Crippen LogP contribution is -1.96. The number of benzene rings is 4. The number of nitrogens with zero attached hydrogens (tertiary/aromatic N) is 3. The molecule has 0 saturated heterocycles. The summed E-state index contributed by atoms with van der Waals surface area (Å²) in [7, 11) is 0. The molecule has 0 aliphatic rings. The fourth-order valence-electron chi connectivity index (χ4n) is 5.11. The number of rotatable bonds is 2. The van der Waals surface area contributed by atoms with Crippen molar-refractivity contribution in [1.82, 2.24) is 9.38 Å². The third-order valence-corrected chi connectivity index (χ3v) is 6.38. The molecule has 0 radical (unpaired) electrons. The normalized spacial score (nSPS) is 11.3. The van der Waals surface area contributed by atoms with E-state index in [2.05, 4.69) is 103 Å². The molecule has 2 aromatic heterocycles. The van der Waals surface area contributed by atoms with Crippen molar-refractivity contribution in [2.45, 2.75) is 13.8 Å². The maximum absolute atomic E-state index is 9.57. The highest BCUT2D eigenvalue weighted by Gasteiger charge is 2.18. The van der Waals surface area contributed by atoms with E-state index in [9.17, 15) is 5.26 Å². The molecule has 0 aliphatic heterocycles. The topological polar surface area (TPSA) is 41.1 Å². The third-order valence-electron chi connectivity index (χ3n) is 6.38. The highest BCUT2D eigenvalue weighted by Crippen LogP contribution is 2.41. The lowest BCUT2D eigenvalue weighted by atomic mass is 9.89. The van der Waals surface area contributed by atoms with Crippen LogP contribution in [0.15, 0.2) is 91.1 Å². The van der Waals surface area contributed by atoms with Gasteiger partial charge in [0.25, 0.3) is 0 Å². The summed E-state index contributed by atoms with van der Waals surface area (Å²) in [5.41, 5.74) is 9.48. The van der Waals surface area contributed by atoms with Gasteiger partial charge in [-0.3, -0.25) is 4.40 Å². The smallest absolute Gasteiger partial charge is 0.159 e. The first-order valence-corrected chi connectivity index (χ1v) is 11.1. The zero-order valence-electron chi connectivity index (χ0n) is 18.5. The Morgan fingerprint density at radius 2 is 1.48 bits per heavy atom. The predicted octanol–water partition coefficient (Wildman–Crippen LogP) is 7.46. The number of imidazole rings is 1. The van der Waals surface area contributed by atoms with Crippen LogP contribution in [0.3, 0.4) is 0 Å². The fourth-order valence-corrected chi connectivity index (χ4v) is 5.11. The Morgan fingerprint density at radius 3 is 2.27 bits per heavy atom. The van der Waals surface area contributed by atoms with Crippen LogP contribution in [0.5, 0.6) is 0 Å². The van der Waals surface area contributed by atoms with Crippen molar-refractivity contribution in [2.75, 3.05) is 0 Å². The van der Waals surface area contributed by atoms with Gasteiger partial charge in [-0.15, -0.1) is 0 Å². The van der Waals surface area contributed by atoms with Crippen LogP contribution in [0, 0.1) is 25.2 Å².